The van der Waals surface area contributed by atoms with Crippen LogP contribution in [0.5, 0.6) is 0 Å². The van der Waals surface area contributed by atoms with E-state index in [2.05, 4.69) is 22.2 Å². The highest BCUT2D eigenvalue weighted by atomic mass is 16.2. The summed E-state index contributed by atoms with van der Waals surface area (Å²) in [5, 5.41) is 12.4. The Hall–Kier alpha value is -3.35. The van der Waals surface area contributed by atoms with E-state index in [0.29, 0.717) is 19.4 Å². The number of amidine groups is 1. The van der Waals surface area contributed by atoms with Gasteiger partial charge < -0.3 is 0 Å². The molecule has 0 aliphatic carbocycles. The van der Waals surface area contributed by atoms with Crippen LogP contribution in [-0.4, -0.2) is 40.6 Å². The van der Waals surface area contributed by atoms with Crippen molar-refractivity contribution >= 4 is 29.6 Å². The van der Waals surface area contributed by atoms with Gasteiger partial charge in [-0.1, -0.05) is 49.4 Å². The number of hydrogen-bond acceptors (Lipinski definition) is 4. The second kappa shape index (κ2) is 11.5. The van der Waals surface area contributed by atoms with Crippen molar-refractivity contribution in [3.63, 3.8) is 0 Å². The van der Waals surface area contributed by atoms with E-state index in [-0.39, 0.29) is 35.8 Å². The summed E-state index contributed by atoms with van der Waals surface area (Å²) in [4.78, 5) is 30.7. The highest BCUT2D eigenvalue weighted by Gasteiger charge is 2.27. The maximum atomic E-state index is 12.8. The van der Waals surface area contributed by atoms with Gasteiger partial charge in [-0.15, -0.1) is 0 Å². The summed E-state index contributed by atoms with van der Waals surface area (Å²) in [6.07, 6.45) is 8.67. The van der Waals surface area contributed by atoms with Crippen molar-refractivity contribution in [2.24, 2.45) is 16.8 Å². The van der Waals surface area contributed by atoms with Gasteiger partial charge >= 0.3 is 0 Å². The molecule has 174 valence electrons. The Labute approximate surface area is 195 Å². The molecule has 7 heteroatoms. The van der Waals surface area contributed by atoms with Gasteiger partial charge in [-0.3, -0.25) is 19.9 Å². The number of nitrogens with zero attached hydrogens (tertiary/aromatic N) is 4. The molecule has 1 N–H and O–H groups in total. The van der Waals surface area contributed by atoms with Gasteiger partial charge in [-0.05, 0) is 44.1 Å². The lowest BCUT2D eigenvalue weighted by Crippen LogP contribution is -2.31. The van der Waals surface area contributed by atoms with Crippen molar-refractivity contribution in [1.82, 2.24) is 9.78 Å². The number of hydrogen-bond donors (Lipinski definition) is 1. The normalized spacial score (nSPS) is 17.4. The third-order valence-electron chi connectivity index (χ3n) is 5.88. The molecule has 0 bridgehead atoms. The molecule has 0 radical (unpaired) electrons. The van der Waals surface area contributed by atoms with E-state index in [1.165, 1.54) is 5.56 Å². The number of aryl methyl sites for hydroxylation is 3. The van der Waals surface area contributed by atoms with Crippen molar-refractivity contribution in [2.75, 3.05) is 11.9 Å². The number of benzene rings is 1. The lowest BCUT2D eigenvalue weighted by atomic mass is 10.0. The third-order valence-corrected chi connectivity index (χ3v) is 5.88. The summed E-state index contributed by atoms with van der Waals surface area (Å²) in [5.41, 5.74) is 2.17. The fraction of sp³-hybridized carbons (Fsp3) is 0.423. The summed E-state index contributed by atoms with van der Waals surface area (Å²) in [6.45, 7) is 4.64. The molecule has 0 spiro atoms. The number of allylic oxidation sites excluding steroid dienone is 1. The average Bonchev–Trinajstić information content (AvgIpc) is 3.16. The molecule has 3 rings (SSSR count). The number of Topliss-reactive ketones (excluding diaryl/α,β-unsaturated/α-hetero) is 1. The molecule has 1 amide bonds. The van der Waals surface area contributed by atoms with Crippen LogP contribution in [0.15, 0.2) is 53.5 Å². The molecule has 2 atom stereocenters. The van der Waals surface area contributed by atoms with Crippen molar-refractivity contribution in [3.8, 4) is 0 Å². The molecule has 33 heavy (non-hydrogen) atoms. The molecule has 0 saturated heterocycles. The van der Waals surface area contributed by atoms with Gasteiger partial charge in [-0.2, -0.15) is 5.10 Å². The monoisotopic (exact) mass is 447 g/mol. The molecule has 1 aromatic carbocycles. The molecule has 1 aromatic heterocycles. The Morgan fingerprint density at radius 3 is 2.85 bits per heavy atom. The van der Waals surface area contributed by atoms with Gasteiger partial charge in [0, 0.05) is 32.3 Å². The first-order valence-corrected chi connectivity index (χ1v) is 11.5. The predicted molar refractivity (Wildman–Crippen MR) is 132 cm³/mol. The Morgan fingerprint density at radius 1 is 1.33 bits per heavy atom. The van der Waals surface area contributed by atoms with E-state index in [9.17, 15) is 9.59 Å². The third kappa shape index (κ3) is 6.81. The molecule has 7 nitrogen and oxygen atoms in total. The molecule has 0 fully saturated rings. The Morgan fingerprint density at radius 2 is 2.09 bits per heavy atom. The number of aromatic nitrogens is 2. The van der Waals surface area contributed by atoms with Crippen molar-refractivity contribution < 1.29 is 9.59 Å². The van der Waals surface area contributed by atoms with E-state index in [0.717, 1.165) is 24.4 Å². The summed E-state index contributed by atoms with van der Waals surface area (Å²) >= 11 is 0. The van der Waals surface area contributed by atoms with Crippen LogP contribution in [0.3, 0.4) is 0 Å². The van der Waals surface area contributed by atoms with Crippen molar-refractivity contribution in [3.05, 3.63) is 59.8 Å². The quantitative estimate of drug-likeness (QED) is 0.351. The predicted octanol–water partition coefficient (Wildman–Crippen LogP) is 4.40. The zero-order valence-corrected chi connectivity index (χ0v) is 19.7. The van der Waals surface area contributed by atoms with E-state index in [1.54, 1.807) is 18.2 Å². The average molecular weight is 448 g/mol. The van der Waals surface area contributed by atoms with Crippen molar-refractivity contribution in [1.29, 1.82) is 5.41 Å². The second-order valence-corrected chi connectivity index (χ2v) is 8.68. The number of fused-ring (bicyclic) bond motifs is 1. The van der Waals surface area contributed by atoms with Crippen LogP contribution in [0.25, 0.3) is 0 Å². The number of ketones is 1. The minimum atomic E-state index is -0.286. The van der Waals surface area contributed by atoms with Gasteiger partial charge in [0.25, 0.3) is 0 Å². The maximum absolute atomic E-state index is 12.8. The van der Waals surface area contributed by atoms with Crippen LogP contribution in [0.1, 0.15) is 43.9 Å². The van der Waals surface area contributed by atoms with Crippen LogP contribution in [-0.2, 0) is 22.6 Å². The van der Waals surface area contributed by atoms with E-state index >= 15 is 0 Å². The van der Waals surface area contributed by atoms with Gasteiger partial charge in [0.05, 0.1) is 11.6 Å². The van der Waals surface area contributed by atoms with Gasteiger partial charge in [-0.25, -0.2) is 9.67 Å². The Bertz CT molecular complexity index is 1040. The van der Waals surface area contributed by atoms with Crippen LogP contribution < -0.4 is 4.90 Å². The van der Waals surface area contributed by atoms with Crippen LogP contribution >= 0.6 is 0 Å². The number of carbonyl (C=O) groups excluding carboxylic acids is 2. The molecule has 1 aliphatic rings. The number of carbonyl (C=O) groups is 2. The molecule has 2 aromatic rings. The fourth-order valence-corrected chi connectivity index (χ4v) is 3.87. The number of amides is 1. The summed E-state index contributed by atoms with van der Waals surface area (Å²) in [6, 6.07) is 12.2. The standard InChI is InChI=1S/C26H33N5O2/c1-19(13-14-21-9-5-4-6-10-21)18-28-25(27)23(32)12-8-7-11-22-15-16-31-24(17-20(2)29-31)30(3)26(22)33/h4-7,9-11,17-19,22,27H,8,12-16H2,1-3H3/b11-7+,27-25?,28-18+/t19-,22-/m0/s1. The summed E-state index contributed by atoms with van der Waals surface area (Å²) in [7, 11) is 1.77. The molecular weight excluding hydrogens is 414 g/mol. The van der Waals surface area contributed by atoms with Gasteiger partial charge in [0.2, 0.25) is 5.91 Å². The lowest BCUT2D eigenvalue weighted by Gasteiger charge is -2.17. The van der Waals surface area contributed by atoms with Crippen LogP contribution in [0.4, 0.5) is 5.82 Å². The molecule has 1 aliphatic heterocycles. The SMILES string of the molecule is Cc1cc2n(n1)CC[C@H](/C=C/CCC(=O)C(=N)/N=C/[C@@H](C)CCc1ccccc1)C(=O)N2C. The highest BCUT2D eigenvalue weighted by Crippen LogP contribution is 2.24. The van der Waals surface area contributed by atoms with E-state index in [1.807, 2.05) is 54.9 Å². The maximum Gasteiger partial charge on any atom is 0.234 e. The summed E-state index contributed by atoms with van der Waals surface area (Å²) in [5.74, 6) is 0.295. The number of rotatable bonds is 9. The zero-order chi connectivity index (χ0) is 23.8. The second-order valence-electron chi connectivity index (χ2n) is 8.68. The minimum absolute atomic E-state index is 0.0260. The lowest BCUT2D eigenvalue weighted by molar-refractivity contribution is -0.120. The summed E-state index contributed by atoms with van der Waals surface area (Å²) < 4.78 is 1.87. The van der Waals surface area contributed by atoms with E-state index in [4.69, 9.17) is 5.41 Å². The van der Waals surface area contributed by atoms with Gasteiger partial charge in [0.1, 0.15) is 5.82 Å². The molecule has 0 unspecified atom stereocenters. The molecule has 2 heterocycles. The van der Waals surface area contributed by atoms with Crippen molar-refractivity contribution in [2.45, 2.75) is 52.5 Å². The Kier molecular flexibility index (Phi) is 8.46. The smallest absolute Gasteiger partial charge is 0.234 e. The molecular formula is C26H33N5O2. The van der Waals surface area contributed by atoms with E-state index < -0.39 is 0 Å². The Balaban J connectivity index is 1.41. The topological polar surface area (TPSA) is 91.4 Å². The first-order chi connectivity index (χ1) is 15.8. The first kappa shape index (κ1) is 24.3. The largest absolute Gasteiger partial charge is 0.300 e. The number of nitrogens with one attached hydrogen (secondary N) is 1. The van der Waals surface area contributed by atoms with Gasteiger partial charge in [0.15, 0.2) is 11.6 Å². The minimum Gasteiger partial charge on any atom is -0.300 e. The van der Waals surface area contributed by atoms with Crippen LogP contribution in [0.2, 0.25) is 0 Å². The first-order valence-electron chi connectivity index (χ1n) is 11.5. The zero-order valence-electron chi connectivity index (χ0n) is 19.7. The molecule has 0 saturated carbocycles. The number of aliphatic imine (C=N–C) groups is 1. The highest BCUT2D eigenvalue weighted by molar-refractivity contribution is 6.38. The van der Waals surface area contributed by atoms with Crippen LogP contribution in [0, 0.1) is 24.2 Å². The fourth-order valence-electron chi connectivity index (χ4n) is 3.87. The number of anilines is 1.